The summed E-state index contributed by atoms with van der Waals surface area (Å²) in [6, 6.07) is 7.48. The summed E-state index contributed by atoms with van der Waals surface area (Å²) in [7, 11) is -3.37. The van der Waals surface area contributed by atoms with Crippen LogP contribution in [0.1, 0.15) is 45.1 Å². The Labute approximate surface area is 128 Å². The molecule has 2 rings (SSSR count). The average molecular weight is 310 g/mol. The molecule has 1 aliphatic rings. The second-order valence-corrected chi connectivity index (χ2v) is 7.49. The summed E-state index contributed by atoms with van der Waals surface area (Å²) < 4.78 is 27.5. The van der Waals surface area contributed by atoms with Crippen LogP contribution in [0.25, 0.3) is 0 Å². The fourth-order valence-electron chi connectivity index (χ4n) is 2.92. The van der Waals surface area contributed by atoms with Crippen LogP contribution in [0.5, 0.6) is 0 Å². The quantitative estimate of drug-likeness (QED) is 0.879. The minimum Gasteiger partial charge on any atom is -0.313 e. The van der Waals surface area contributed by atoms with Crippen LogP contribution in [0.2, 0.25) is 0 Å². The number of rotatable bonds is 6. The van der Waals surface area contributed by atoms with Crippen LogP contribution in [0.3, 0.4) is 0 Å². The van der Waals surface area contributed by atoms with E-state index in [0.29, 0.717) is 18.0 Å². The van der Waals surface area contributed by atoms with Gasteiger partial charge in [0.05, 0.1) is 4.90 Å². The third kappa shape index (κ3) is 3.84. The van der Waals surface area contributed by atoms with Crippen LogP contribution in [-0.2, 0) is 16.6 Å². The molecular formula is C16H26N2O2S. The lowest BCUT2D eigenvalue weighted by Crippen LogP contribution is -2.43. The fraction of sp³-hybridized carbons (Fsp3) is 0.625. The first kappa shape index (κ1) is 16.5. The van der Waals surface area contributed by atoms with Gasteiger partial charge in [-0.1, -0.05) is 32.4 Å². The summed E-state index contributed by atoms with van der Waals surface area (Å²) in [4.78, 5) is 0.429. The maximum atomic E-state index is 12.9. The van der Waals surface area contributed by atoms with Gasteiger partial charge in [0.15, 0.2) is 0 Å². The molecule has 1 aromatic rings. The highest BCUT2D eigenvalue weighted by molar-refractivity contribution is 7.89. The molecule has 5 heteroatoms. The van der Waals surface area contributed by atoms with Gasteiger partial charge in [-0.2, -0.15) is 4.31 Å². The molecule has 4 nitrogen and oxygen atoms in total. The van der Waals surface area contributed by atoms with Crippen molar-refractivity contribution >= 4 is 10.0 Å². The third-order valence-corrected chi connectivity index (χ3v) is 6.08. The van der Waals surface area contributed by atoms with Crippen molar-refractivity contribution in [3.63, 3.8) is 0 Å². The van der Waals surface area contributed by atoms with Crippen molar-refractivity contribution in [2.45, 2.75) is 57.0 Å². The lowest BCUT2D eigenvalue weighted by atomic mass is 10.0. The first-order valence-electron chi connectivity index (χ1n) is 7.91. The highest BCUT2D eigenvalue weighted by Gasteiger charge is 2.32. The molecule has 0 bridgehead atoms. The van der Waals surface area contributed by atoms with E-state index >= 15 is 0 Å². The minimum absolute atomic E-state index is 0.154. The van der Waals surface area contributed by atoms with Gasteiger partial charge in [0.1, 0.15) is 0 Å². The molecule has 21 heavy (non-hydrogen) atoms. The Morgan fingerprint density at radius 1 is 1.29 bits per heavy atom. The predicted molar refractivity (Wildman–Crippen MR) is 85.6 cm³/mol. The second-order valence-electron chi connectivity index (χ2n) is 5.60. The van der Waals surface area contributed by atoms with Gasteiger partial charge < -0.3 is 5.32 Å². The van der Waals surface area contributed by atoms with E-state index in [1.165, 1.54) is 0 Å². The van der Waals surface area contributed by atoms with Crippen molar-refractivity contribution < 1.29 is 8.42 Å². The molecule has 1 aliphatic heterocycles. The normalized spacial score (nSPS) is 20.6. The molecule has 1 fully saturated rings. The van der Waals surface area contributed by atoms with E-state index in [4.69, 9.17) is 0 Å². The molecule has 0 amide bonds. The lowest BCUT2D eigenvalue weighted by molar-refractivity contribution is 0.246. The van der Waals surface area contributed by atoms with Gasteiger partial charge in [0.25, 0.3) is 0 Å². The Hall–Kier alpha value is -0.910. The number of sulfonamides is 1. The van der Waals surface area contributed by atoms with Gasteiger partial charge in [-0.25, -0.2) is 8.42 Å². The molecule has 0 saturated carbocycles. The highest BCUT2D eigenvalue weighted by Crippen LogP contribution is 2.27. The van der Waals surface area contributed by atoms with E-state index in [1.54, 1.807) is 16.4 Å². The second kappa shape index (κ2) is 7.38. The molecule has 1 heterocycles. The monoisotopic (exact) mass is 310 g/mol. The van der Waals surface area contributed by atoms with Gasteiger partial charge in [0.2, 0.25) is 10.0 Å². The molecule has 0 radical (unpaired) electrons. The van der Waals surface area contributed by atoms with Crippen molar-refractivity contribution in [3.05, 3.63) is 29.8 Å². The van der Waals surface area contributed by atoms with Gasteiger partial charge in [-0.15, -0.1) is 0 Å². The van der Waals surface area contributed by atoms with Crippen LogP contribution < -0.4 is 5.32 Å². The maximum Gasteiger partial charge on any atom is 0.243 e. The summed E-state index contributed by atoms with van der Waals surface area (Å²) in [5.74, 6) is 0. The van der Waals surface area contributed by atoms with Crippen LogP contribution in [0, 0.1) is 0 Å². The van der Waals surface area contributed by atoms with E-state index in [2.05, 4.69) is 12.2 Å². The fourth-order valence-corrected chi connectivity index (χ4v) is 4.76. The summed E-state index contributed by atoms with van der Waals surface area (Å²) in [5, 5.41) is 3.23. The number of nitrogens with zero attached hydrogens (tertiary/aromatic N) is 1. The van der Waals surface area contributed by atoms with Crippen molar-refractivity contribution in [3.8, 4) is 0 Å². The Bertz CT molecular complexity index is 557. The number of hydrogen-bond acceptors (Lipinski definition) is 3. The summed E-state index contributed by atoms with van der Waals surface area (Å²) in [5.41, 5.74) is 1.02. The molecule has 1 unspecified atom stereocenters. The minimum atomic E-state index is -3.37. The Balaban J connectivity index is 2.25. The summed E-state index contributed by atoms with van der Waals surface area (Å²) in [6.07, 6.45) is 3.96. The van der Waals surface area contributed by atoms with Crippen LogP contribution in [0.4, 0.5) is 0 Å². The number of piperidine rings is 1. The largest absolute Gasteiger partial charge is 0.313 e. The van der Waals surface area contributed by atoms with Crippen LogP contribution in [-0.4, -0.2) is 31.9 Å². The first-order valence-corrected chi connectivity index (χ1v) is 9.35. The Morgan fingerprint density at radius 2 is 2.10 bits per heavy atom. The molecular weight excluding hydrogens is 284 g/mol. The first-order chi connectivity index (χ1) is 10.1. The van der Waals surface area contributed by atoms with E-state index in [1.807, 2.05) is 19.1 Å². The van der Waals surface area contributed by atoms with Gasteiger partial charge in [0, 0.05) is 19.1 Å². The third-order valence-electron chi connectivity index (χ3n) is 4.13. The molecule has 1 N–H and O–H groups in total. The van der Waals surface area contributed by atoms with Gasteiger partial charge in [-0.05, 0) is 43.5 Å². The Kier molecular flexibility index (Phi) is 5.79. The molecule has 1 aromatic carbocycles. The smallest absolute Gasteiger partial charge is 0.243 e. The predicted octanol–water partition coefficient (Wildman–Crippen LogP) is 2.75. The molecule has 0 aliphatic carbocycles. The highest BCUT2D eigenvalue weighted by atomic mass is 32.2. The average Bonchev–Trinajstić information content (AvgIpc) is 2.53. The maximum absolute atomic E-state index is 12.9. The van der Waals surface area contributed by atoms with Crippen LogP contribution in [0.15, 0.2) is 29.2 Å². The van der Waals surface area contributed by atoms with E-state index in [9.17, 15) is 8.42 Å². The van der Waals surface area contributed by atoms with Gasteiger partial charge >= 0.3 is 0 Å². The zero-order valence-corrected chi connectivity index (χ0v) is 13.8. The SMILES string of the molecule is CCNCc1cccc(S(=O)(=O)N2CCCCC2CC)c1. The molecule has 118 valence electrons. The van der Waals surface area contributed by atoms with Crippen molar-refractivity contribution in [1.29, 1.82) is 0 Å². The zero-order valence-electron chi connectivity index (χ0n) is 13.0. The van der Waals surface area contributed by atoms with Gasteiger partial charge in [-0.3, -0.25) is 0 Å². The van der Waals surface area contributed by atoms with E-state index in [-0.39, 0.29) is 6.04 Å². The zero-order chi connectivity index (χ0) is 15.3. The number of hydrogen-bond donors (Lipinski definition) is 1. The molecule has 0 spiro atoms. The molecule has 1 saturated heterocycles. The Morgan fingerprint density at radius 3 is 2.81 bits per heavy atom. The van der Waals surface area contributed by atoms with Crippen molar-refractivity contribution in [1.82, 2.24) is 9.62 Å². The topological polar surface area (TPSA) is 49.4 Å². The molecule has 0 aromatic heterocycles. The standard InChI is InChI=1S/C16H26N2O2S/c1-3-15-9-5-6-11-18(15)21(19,20)16-10-7-8-14(12-16)13-17-4-2/h7-8,10,12,15,17H,3-6,9,11,13H2,1-2H3. The van der Waals surface area contributed by atoms with E-state index < -0.39 is 10.0 Å². The van der Waals surface area contributed by atoms with E-state index in [0.717, 1.165) is 37.8 Å². The number of nitrogens with one attached hydrogen (secondary N) is 1. The van der Waals surface area contributed by atoms with Crippen molar-refractivity contribution in [2.75, 3.05) is 13.1 Å². The van der Waals surface area contributed by atoms with Crippen LogP contribution >= 0.6 is 0 Å². The number of benzene rings is 1. The van der Waals surface area contributed by atoms with Crippen molar-refractivity contribution in [2.24, 2.45) is 0 Å². The molecule has 1 atom stereocenters. The summed E-state index contributed by atoms with van der Waals surface area (Å²) >= 11 is 0. The lowest BCUT2D eigenvalue weighted by Gasteiger charge is -2.34. The summed E-state index contributed by atoms with van der Waals surface area (Å²) in [6.45, 7) is 6.34.